The van der Waals surface area contributed by atoms with Gasteiger partial charge in [-0.1, -0.05) is 0 Å². The zero-order valence-corrected chi connectivity index (χ0v) is 7.99. The van der Waals surface area contributed by atoms with E-state index in [4.69, 9.17) is 40.9 Å². The van der Waals surface area contributed by atoms with Gasteiger partial charge in [-0.05, 0) is 0 Å². The third kappa shape index (κ3) is 1.93. The van der Waals surface area contributed by atoms with Crippen LogP contribution in [0.1, 0.15) is 0 Å². The van der Waals surface area contributed by atoms with Gasteiger partial charge in [0.15, 0.2) is 0 Å². The van der Waals surface area contributed by atoms with Gasteiger partial charge in [-0.15, -0.1) is 0 Å². The molecule has 0 bridgehead atoms. The highest BCUT2D eigenvalue weighted by molar-refractivity contribution is 5.37. The maximum atomic E-state index is 8.85. The first-order valence-electron chi connectivity index (χ1n) is 3.95. The van der Waals surface area contributed by atoms with E-state index < -0.39 is 45.0 Å². The molecule has 17 heavy (non-hydrogen) atoms. The molecule has 1 aromatic heterocycles. The van der Waals surface area contributed by atoms with Gasteiger partial charge in [0.2, 0.25) is 10.8 Å². The van der Waals surface area contributed by atoms with Gasteiger partial charge in [0, 0.05) is 0 Å². The summed E-state index contributed by atoms with van der Waals surface area (Å²) in [5.74, 6) is -6.16. The normalized spacial score (nSPS) is 9.88. The van der Waals surface area contributed by atoms with E-state index in [1.165, 1.54) is 0 Å². The molecule has 0 spiro atoms. The molecular weight excluding hydrogens is 240 g/mol. The molecular formula is C8H8O9. The van der Waals surface area contributed by atoms with E-state index in [1.54, 1.807) is 0 Å². The first kappa shape index (κ1) is 12.2. The van der Waals surface area contributed by atoms with Crippen molar-refractivity contribution in [2.75, 3.05) is 0 Å². The fraction of sp³-hybridized carbons (Fsp3) is 0. The monoisotopic (exact) mass is 248 g/mol. The lowest BCUT2D eigenvalue weighted by molar-refractivity contribution is 0.260. The van der Waals surface area contributed by atoms with Crippen LogP contribution in [-0.4, -0.2) is 40.9 Å². The highest BCUT2D eigenvalue weighted by atomic mass is 16.5. The summed E-state index contributed by atoms with van der Waals surface area (Å²) in [4.78, 5) is 0. The van der Waals surface area contributed by atoms with Gasteiger partial charge >= 0.3 is 11.9 Å². The topological polar surface area (TPSA) is 175 Å². The van der Waals surface area contributed by atoms with Crippen LogP contribution >= 0.6 is 0 Å². The Bertz CT molecular complexity index is 603. The summed E-state index contributed by atoms with van der Waals surface area (Å²) >= 11 is 0. The number of rotatable bonds is 0. The van der Waals surface area contributed by atoms with Crippen LogP contribution in [0.2, 0.25) is 0 Å². The molecule has 9 heteroatoms. The number of hydrogen-bond acceptors (Lipinski definition) is 9. The molecule has 0 radical (unpaired) electrons. The van der Waals surface area contributed by atoms with E-state index in [-0.39, 0.29) is 0 Å². The van der Waals surface area contributed by atoms with Crippen LogP contribution in [0.25, 0.3) is 23.8 Å². The molecule has 0 unspecified atom stereocenters. The van der Waals surface area contributed by atoms with Gasteiger partial charge in [-0.3, -0.25) is 0 Å². The SMILES string of the molecule is OC(O)=c1oc(=C(O)O)c(=C(O)O)c1=C(O)O. The van der Waals surface area contributed by atoms with Crippen molar-refractivity contribution in [3.63, 3.8) is 0 Å². The minimum absolute atomic E-state index is 0.930. The molecule has 1 heterocycles. The van der Waals surface area contributed by atoms with Crippen LogP contribution in [0, 0.1) is 0 Å². The van der Waals surface area contributed by atoms with Crippen molar-refractivity contribution in [1.82, 2.24) is 0 Å². The minimum atomic E-state index is -1.55. The van der Waals surface area contributed by atoms with Gasteiger partial charge in [0.05, 0.1) is 0 Å². The lowest BCUT2D eigenvalue weighted by atomic mass is 10.3. The van der Waals surface area contributed by atoms with Crippen LogP contribution in [-0.2, 0) is 0 Å². The summed E-state index contributed by atoms with van der Waals surface area (Å²) in [6.45, 7) is 0. The molecule has 94 valence electrons. The van der Waals surface area contributed by atoms with Crippen molar-refractivity contribution >= 4 is 23.8 Å². The second-order valence-electron chi connectivity index (χ2n) is 2.80. The Kier molecular flexibility index (Phi) is 2.85. The van der Waals surface area contributed by atoms with E-state index in [2.05, 4.69) is 4.42 Å². The maximum absolute atomic E-state index is 8.85. The lowest BCUT2D eigenvalue weighted by Crippen LogP contribution is -2.42. The number of aliphatic hydroxyl groups excluding tert-OH is 4. The van der Waals surface area contributed by atoms with Crippen molar-refractivity contribution in [3.05, 3.63) is 21.3 Å². The lowest BCUT2D eigenvalue weighted by Gasteiger charge is -1.87. The highest BCUT2D eigenvalue weighted by Gasteiger charge is 2.14. The average Bonchev–Trinajstić information content (AvgIpc) is 2.56. The summed E-state index contributed by atoms with van der Waals surface area (Å²) in [6, 6.07) is 0. The zero-order valence-electron chi connectivity index (χ0n) is 7.99. The number of aliphatic hydroxyl groups is 8. The molecule has 0 aromatic carbocycles. The Morgan fingerprint density at radius 1 is 0.529 bits per heavy atom. The molecule has 0 aliphatic carbocycles. The van der Waals surface area contributed by atoms with Gasteiger partial charge in [0.25, 0.3) is 11.9 Å². The second-order valence-corrected chi connectivity index (χ2v) is 2.80. The fourth-order valence-electron chi connectivity index (χ4n) is 1.17. The zero-order chi connectivity index (χ0) is 13.3. The Morgan fingerprint density at radius 2 is 0.824 bits per heavy atom. The van der Waals surface area contributed by atoms with E-state index in [0.29, 0.717) is 0 Å². The van der Waals surface area contributed by atoms with Crippen molar-refractivity contribution < 1.29 is 45.3 Å². The van der Waals surface area contributed by atoms with E-state index in [1.807, 2.05) is 0 Å². The van der Waals surface area contributed by atoms with E-state index in [0.717, 1.165) is 0 Å². The standard InChI is InChI=1S/C8H8O9/c9-5(10)1-2(6(11)12)4(8(15)16)17-3(1)7(13)14/h9-16H. The molecule has 1 rings (SSSR count). The fourth-order valence-corrected chi connectivity index (χ4v) is 1.17. The largest absolute Gasteiger partial charge is 0.481 e. The van der Waals surface area contributed by atoms with Crippen LogP contribution < -0.4 is 21.3 Å². The summed E-state index contributed by atoms with van der Waals surface area (Å²) in [5, 5.41) is 68.5. The molecule has 0 saturated heterocycles. The second kappa shape index (κ2) is 3.96. The first-order valence-corrected chi connectivity index (χ1v) is 3.95. The molecule has 0 fully saturated rings. The Morgan fingerprint density at radius 3 is 1.00 bits per heavy atom. The van der Waals surface area contributed by atoms with Gasteiger partial charge in [0.1, 0.15) is 10.4 Å². The Hall–Kier alpha value is -2.84. The Labute approximate surface area is 91.3 Å². The molecule has 0 atom stereocenters. The van der Waals surface area contributed by atoms with Crippen LogP contribution in [0.3, 0.4) is 0 Å². The summed E-state index contributed by atoms with van der Waals surface area (Å²) in [7, 11) is 0. The average molecular weight is 248 g/mol. The maximum Gasteiger partial charge on any atom is 0.320 e. The number of hydrogen-bond donors (Lipinski definition) is 8. The van der Waals surface area contributed by atoms with Gasteiger partial charge in [-0.2, -0.15) is 0 Å². The highest BCUT2D eigenvalue weighted by Crippen LogP contribution is 1.78. The van der Waals surface area contributed by atoms with Crippen LogP contribution in [0.15, 0.2) is 4.42 Å². The molecule has 0 saturated carbocycles. The summed E-state index contributed by atoms with van der Waals surface area (Å²) in [5.41, 5.74) is -1.98. The third-order valence-electron chi connectivity index (χ3n) is 1.76. The molecule has 9 nitrogen and oxygen atoms in total. The van der Waals surface area contributed by atoms with Crippen molar-refractivity contribution in [2.24, 2.45) is 0 Å². The van der Waals surface area contributed by atoms with Gasteiger partial charge in [-0.25, -0.2) is 0 Å². The van der Waals surface area contributed by atoms with Crippen LogP contribution in [0.4, 0.5) is 0 Å². The van der Waals surface area contributed by atoms with Gasteiger partial charge < -0.3 is 45.3 Å². The number of furan rings is 1. The van der Waals surface area contributed by atoms with Crippen molar-refractivity contribution in [3.8, 4) is 0 Å². The molecule has 0 amide bonds. The van der Waals surface area contributed by atoms with Crippen molar-refractivity contribution in [1.29, 1.82) is 0 Å². The molecule has 0 aliphatic rings. The predicted octanol–water partition coefficient (Wildman–Crippen LogP) is -1.99. The predicted molar refractivity (Wildman–Crippen MR) is 51.9 cm³/mol. The quantitative estimate of drug-likeness (QED) is 0.258. The molecule has 0 aliphatic heterocycles. The third-order valence-corrected chi connectivity index (χ3v) is 1.76. The smallest absolute Gasteiger partial charge is 0.320 e. The first-order chi connectivity index (χ1) is 7.77. The van der Waals surface area contributed by atoms with E-state index in [9.17, 15) is 0 Å². The minimum Gasteiger partial charge on any atom is -0.481 e. The van der Waals surface area contributed by atoms with Crippen LogP contribution in [0.5, 0.6) is 0 Å². The van der Waals surface area contributed by atoms with E-state index >= 15 is 0 Å². The van der Waals surface area contributed by atoms with Crippen molar-refractivity contribution in [2.45, 2.75) is 0 Å². The summed E-state index contributed by atoms with van der Waals surface area (Å²) in [6.07, 6.45) is 0. The summed E-state index contributed by atoms with van der Waals surface area (Å²) < 4.78 is 4.44. The Balaban J connectivity index is 4.42. The molecule has 8 N–H and O–H groups in total. The molecule has 1 aromatic rings.